The highest BCUT2D eigenvalue weighted by Crippen LogP contribution is 2.26. The largest absolute Gasteiger partial charge is 0.366 e. The number of piperidine rings is 1. The molecule has 0 unspecified atom stereocenters. The van der Waals surface area contributed by atoms with Gasteiger partial charge in [0.05, 0.1) is 12.5 Å². The Balaban J connectivity index is 1.23. The van der Waals surface area contributed by atoms with E-state index < -0.39 is 17.5 Å². The molecule has 0 aliphatic carbocycles. The minimum atomic E-state index is -0.895. The zero-order chi connectivity index (χ0) is 25.9. The highest BCUT2D eigenvalue weighted by Gasteiger charge is 2.26. The van der Waals surface area contributed by atoms with E-state index in [4.69, 9.17) is 5.73 Å². The molecule has 6 nitrogen and oxygen atoms in total. The summed E-state index contributed by atoms with van der Waals surface area (Å²) in [5.74, 6) is -1.83. The predicted molar refractivity (Wildman–Crippen MR) is 136 cm³/mol. The summed E-state index contributed by atoms with van der Waals surface area (Å²) in [6.07, 6.45) is 5.84. The van der Waals surface area contributed by atoms with Gasteiger partial charge in [0.1, 0.15) is 5.69 Å². The maximum atomic E-state index is 13.6. The number of halogens is 2. The van der Waals surface area contributed by atoms with Crippen LogP contribution in [0.25, 0.3) is 16.8 Å². The Morgan fingerprint density at radius 2 is 1.57 bits per heavy atom. The monoisotopic (exact) mass is 500 g/mol. The Kier molecular flexibility index (Phi) is 6.81. The number of nitrogens with zero attached hydrogens (tertiary/aromatic N) is 3. The topological polar surface area (TPSA) is 81.2 Å². The number of rotatable bonds is 6. The highest BCUT2D eigenvalue weighted by atomic mass is 19.2. The number of amides is 2. The number of hydrogen-bond donors (Lipinski definition) is 1. The Labute approximate surface area is 213 Å². The molecule has 0 spiro atoms. The van der Waals surface area contributed by atoms with Gasteiger partial charge in [-0.25, -0.2) is 13.8 Å². The molecule has 0 bridgehead atoms. The van der Waals surface area contributed by atoms with E-state index in [1.807, 2.05) is 29.2 Å². The predicted octanol–water partition coefficient (Wildman–Crippen LogP) is 5.01. The lowest BCUT2D eigenvalue weighted by Gasteiger charge is -2.32. The first kappa shape index (κ1) is 24.4. The van der Waals surface area contributed by atoms with Crippen LogP contribution < -0.4 is 5.73 Å². The van der Waals surface area contributed by atoms with Crippen LogP contribution in [0.2, 0.25) is 0 Å². The third-order valence-corrected chi connectivity index (χ3v) is 6.92. The van der Waals surface area contributed by atoms with Gasteiger partial charge in [-0.2, -0.15) is 0 Å². The van der Waals surface area contributed by atoms with Crippen molar-refractivity contribution in [2.24, 2.45) is 11.7 Å². The van der Waals surface area contributed by atoms with Crippen molar-refractivity contribution in [3.05, 3.63) is 108 Å². The van der Waals surface area contributed by atoms with E-state index >= 15 is 0 Å². The molecule has 8 heteroatoms. The lowest BCUT2D eigenvalue weighted by Crippen LogP contribution is -2.39. The smallest absolute Gasteiger partial charge is 0.272 e. The third kappa shape index (κ3) is 5.28. The van der Waals surface area contributed by atoms with Crippen LogP contribution in [-0.4, -0.2) is 39.4 Å². The first-order valence-electron chi connectivity index (χ1n) is 12.2. The van der Waals surface area contributed by atoms with Crippen LogP contribution in [0.3, 0.4) is 0 Å². The number of likely N-dealkylation sites (tertiary alicyclic amines) is 1. The average Bonchev–Trinajstić information content (AvgIpc) is 3.41. The second-order valence-corrected chi connectivity index (χ2v) is 9.33. The number of carbonyl (C=O) groups is 2. The van der Waals surface area contributed by atoms with Crippen molar-refractivity contribution in [1.82, 2.24) is 14.5 Å². The Morgan fingerprint density at radius 3 is 2.22 bits per heavy atom. The number of nitrogens with two attached hydrogens (primary N) is 1. The van der Waals surface area contributed by atoms with Crippen molar-refractivity contribution in [1.29, 1.82) is 0 Å². The van der Waals surface area contributed by atoms with Crippen LogP contribution >= 0.6 is 0 Å². The Morgan fingerprint density at radius 1 is 0.892 bits per heavy atom. The van der Waals surface area contributed by atoms with E-state index in [0.717, 1.165) is 48.2 Å². The standard InChI is InChI=1S/C29H26F2N4O2/c30-25-10-7-23(16-26(25)31)21-5-8-24(9-6-21)35-18-33-17-27(35)29(37)34-13-11-20(12-14-34)15-19-1-3-22(4-2-19)28(32)36/h1-10,16-18,20H,11-15H2,(H2,32,36). The van der Waals surface area contributed by atoms with Crippen LogP contribution in [-0.2, 0) is 6.42 Å². The van der Waals surface area contributed by atoms with Crippen LogP contribution in [0.1, 0.15) is 39.3 Å². The molecule has 3 aromatic carbocycles. The Hall–Kier alpha value is -4.33. The first-order chi connectivity index (χ1) is 17.9. The van der Waals surface area contributed by atoms with Gasteiger partial charge in [-0.15, -0.1) is 0 Å². The summed E-state index contributed by atoms with van der Waals surface area (Å²) in [4.78, 5) is 30.6. The molecule has 1 fully saturated rings. The molecule has 1 aliphatic heterocycles. The molecule has 0 radical (unpaired) electrons. The van der Waals surface area contributed by atoms with E-state index in [2.05, 4.69) is 4.98 Å². The van der Waals surface area contributed by atoms with Gasteiger partial charge in [0, 0.05) is 24.3 Å². The van der Waals surface area contributed by atoms with E-state index in [0.29, 0.717) is 35.8 Å². The van der Waals surface area contributed by atoms with Gasteiger partial charge in [0.25, 0.3) is 5.91 Å². The molecule has 0 saturated carbocycles. The summed E-state index contributed by atoms with van der Waals surface area (Å²) < 4.78 is 28.6. The number of aromatic nitrogens is 2. The summed E-state index contributed by atoms with van der Waals surface area (Å²) in [5.41, 5.74) is 9.50. The summed E-state index contributed by atoms with van der Waals surface area (Å²) in [5, 5.41) is 0. The molecule has 5 rings (SSSR count). The van der Waals surface area contributed by atoms with Crippen molar-refractivity contribution in [2.75, 3.05) is 13.1 Å². The van der Waals surface area contributed by atoms with Crippen LogP contribution in [0.5, 0.6) is 0 Å². The molecule has 2 N–H and O–H groups in total. The molecule has 1 saturated heterocycles. The molecule has 4 aromatic rings. The van der Waals surface area contributed by atoms with Crippen LogP contribution in [0.15, 0.2) is 79.3 Å². The molecule has 1 aromatic heterocycles. The molecule has 188 valence electrons. The van der Waals surface area contributed by atoms with Gasteiger partial charge in [-0.3, -0.25) is 14.2 Å². The number of carbonyl (C=O) groups excluding carboxylic acids is 2. The minimum absolute atomic E-state index is 0.0774. The van der Waals surface area contributed by atoms with E-state index in [1.165, 1.54) is 6.07 Å². The Bertz CT molecular complexity index is 1420. The number of benzene rings is 3. The third-order valence-electron chi connectivity index (χ3n) is 6.92. The second kappa shape index (κ2) is 10.3. The summed E-state index contributed by atoms with van der Waals surface area (Å²) in [6.45, 7) is 1.31. The summed E-state index contributed by atoms with van der Waals surface area (Å²) >= 11 is 0. The maximum Gasteiger partial charge on any atom is 0.272 e. The normalized spacial score (nSPS) is 14.1. The summed E-state index contributed by atoms with van der Waals surface area (Å²) in [6, 6.07) is 18.4. The maximum absolute atomic E-state index is 13.6. The van der Waals surface area contributed by atoms with E-state index in [9.17, 15) is 18.4 Å². The fourth-order valence-corrected chi connectivity index (χ4v) is 4.79. The fourth-order valence-electron chi connectivity index (χ4n) is 4.79. The van der Waals surface area contributed by atoms with E-state index in [1.54, 1.807) is 41.4 Å². The minimum Gasteiger partial charge on any atom is -0.366 e. The van der Waals surface area contributed by atoms with Crippen molar-refractivity contribution >= 4 is 11.8 Å². The second-order valence-electron chi connectivity index (χ2n) is 9.33. The number of hydrogen-bond acceptors (Lipinski definition) is 3. The SMILES string of the molecule is NC(=O)c1ccc(CC2CCN(C(=O)c3cncn3-c3ccc(-c4ccc(F)c(F)c4)cc3)CC2)cc1. The zero-order valence-corrected chi connectivity index (χ0v) is 20.1. The van der Waals surface area contributed by atoms with Gasteiger partial charge < -0.3 is 10.6 Å². The van der Waals surface area contributed by atoms with Gasteiger partial charge in [-0.05, 0) is 78.3 Å². The van der Waals surface area contributed by atoms with Crippen molar-refractivity contribution in [3.63, 3.8) is 0 Å². The lowest BCUT2D eigenvalue weighted by atomic mass is 9.90. The van der Waals surface area contributed by atoms with Gasteiger partial charge in [0.15, 0.2) is 11.6 Å². The molecular weight excluding hydrogens is 474 g/mol. The zero-order valence-electron chi connectivity index (χ0n) is 20.1. The molecule has 0 atom stereocenters. The van der Waals surface area contributed by atoms with Gasteiger partial charge in [-0.1, -0.05) is 30.3 Å². The van der Waals surface area contributed by atoms with Gasteiger partial charge >= 0.3 is 0 Å². The van der Waals surface area contributed by atoms with Crippen molar-refractivity contribution in [2.45, 2.75) is 19.3 Å². The van der Waals surface area contributed by atoms with Crippen LogP contribution in [0.4, 0.5) is 8.78 Å². The fraction of sp³-hybridized carbons (Fsp3) is 0.207. The molecule has 2 heterocycles. The van der Waals surface area contributed by atoms with Gasteiger partial charge in [0.2, 0.25) is 5.91 Å². The molecule has 37 heavy (non-hydrogen) atoms. The molecule has 1 aliphatic rings. The van der Waals surface area contributed by atoms with Crippen LogP contribution in [0, 0.1) is 17.6 Å². The number of primary amides is 1. The molecular formula is C29H26F2N4O2. The van der Waals surface area contributed by atoms with Crippen molar-refractivity contribution in [3.8, 4) is 16.8 Å². The molecule has 2 amide bonds. The number of imidazole rings is 1. The average molecular weight is 501 g/mol. The highest BCUT2D eigenvalue weighted by molar-refractivity contribution is 5.93. The van der Waals surface area contributed by atoms with E-state index in [-0.39, 0.29) is 5.91 Å². The van der Waals surface area contributed by atoms with Crippen molar-refractivity contribution < 1.29 is 18.4 Å². The summed E-state index contributed by atoms with van der Waals surface area (Å²) in [7, 11) is 0. The lowest BCUT2D eigenvalue weighted by molar-refractivity contribution is 0.0682. The quantitative estimate of drug-likeness (QED) is 0.404. The first-order valence-corrected chi connectivity index (χ1v) is 12.2.